The van der Waals surface area contributed by atoms with E-state index in [-0.39, 0.29) is 17.3 Å². The Kier molecular flexibility index (Phi) is 15.2. The summed E-state index contributed by atoms with van der Waals surface area (Å²) in [7, 11) is -6.47. The molecule has 0 bridgehead atoms. The smallest absolute Gasteiger partial charge is 0.170 e. The third-order valence-corrected chi connectivity index (χ3v) is 18.1. The Hall–Kier alpha value is -3.70. The molecule has 0 N–H and O–H groups in total. The molecule has 0 heterocycles. The molecule has 0 fully saturated rings. The molecule has 0 spiro atoms. The van der Waals surface area contributed by atoms with Crippen molar-refractivity contribution in [2.75, 3.05) is 0 Å². The Morgan fingerprint density at radius 2 is 1.28 bits per heavy atom. The highest BCUT2D eigenvalue weighted by atomic mass is 31.2. The molecular weight excluding hydrogens is 694 g/mol. The predicted octanol–water partition coefficient (Wildman–Crippen LogP) is 14.2. The maximum atomic E-state index is 15.9. The Labute approximate surface area is 327 Å². The Bertz CT molecular complexity index is 1900. The van der Waals surface area contributed by atoms with E-state index < -0.39 is 14.3 Å². The maximum absolute atomic E-state index is 15.9. The van der Waals surface area contributed by atoms with Crippen LogP contribution >= 0.6 is 14.3 Å². The summed E-state index contributed by atoms with van der Waals surface area (Å²) in [6.45, 7) is 15.0. The van der Waals surface area contributed by atoms with Gasteiger partial charge in [-0.2, -0.15) is 0 Å². The van der Waals surface area contributed by atoms with Crippen molar-refractivity contribution in [3.05, 3.63) is 174 Å². The van der Waals surface area contributed by atoms with E-state index in [1.54, 1.807) is 12.2 Å². The van der Waals surface area contributed by atoms with Crippen LogP contribution in [0.1, 0.15) is 97.8 Å². The second kappa shape index (κ2) is 19.8. The van der Waals surface area contributed by atoms with Gasteiger partial charge < -0.3 is 9.13 Å². The molecule has 4 unspecified atom stereocenters. The number of hydrogen-bond acceptors (Lipinski definition) is 2. The van der Waals surface area contributed by atoms with E-state index in [1.807, 2.05) is 97.1 Å². The van der Waals surface area contributed by atoms with Crippen LogP contribution in [0, 0.1) is 17.3 Å². The van der Waals surface area contributed by atoms with Crippen LogP contribution in [0.5, 0.6) is 0 Å². The zero-order chi connectivity index (χ0) is 38.4. The molecule has 0 saturated carbocycles. The monoisotopic (exact) mass is 756 g/mol. The van der Waals surface area contributed by atoms with Crippen molar-refractivity contribution in [1.29, 1.82) is 0 Å². The summed E-state index contributed by atoms with van der Waals surface area (Å²) in [5.41, 5.74) is 1.09. The van der Waals surface area contributed by atoms with E-state index >= 15 is 9.13 Å². The predicted molar refractivity (Wildman–Crippen MR) is 237 cm³/mol. The number of benzene rings is 3. The Balaban J connectivity index is 1.77. The first-order chi connectivity index (χ1) is 26.3. The fourth-order valence-corrected chi connectivity index (χ4v) is 14.5. The molecule has 0 aromatic heterocycles. The van der Waals surface area contributed by atoms with Crippen LogP contribution < -0.4 is 15.9 Å². The second-order valence-corrected chi connectivity index (χ2v) is 20.7. The molecule has 54 heavy (non-hydrogen) atoms. The van der Waals surface area contributed by atoms with Crippen LogP contribution in [0.25, 0.3) is 0 Å². The molecule has 4 heteroatoms. The zero-order valence-electron chi connectivity index (χ0n) is 33.0. The average Bonchev–Trinajstić information content (AvgIpc) is 3.27. The third-order valence-electron chi connectivity index (χ3n) is 11.9. The molecule has 284 valence electrons. The minimum atomic E-state index is -3.27. The van der Waals surface area contributed by atoms with Crippen LogP contribution in [0.15, 0.2) is 174 Å². The van der Waals surface area contributed by atoms with Gasteiger partial charge in [0.15, 0.2) is 14.3 Å². The molecular formula is C50H62O2P2. The van der Waals surface area contributed by atoms with Gasteiger partial charge in [-0.3, -0.25) is 0 Å². The van der Waals surface area contributed by atoms with Crippen molar-refractivity contribution >= 4 is 30.2 Å². The van der Waals surface area contributed by atoms with Gasteiger partial charge in [-0.25, -0.2) is 0 Å². The van der Waals surface area contributed by atoms with Crippen molar-refractivity contribution < 1.29 is 9.13 Å². The lowest BCUT2D eigenvalue weighted by atomic mass is 9.59. The van der Waals surface area contributed by atoms with Gasteiger partial charge >= 0.3 is 0 Å². The summed E-state index contributed by atoms with van der Waals surface area (Å²) in [6, 6.07) is 30.2. The first-order valence-electron chi connectivity index (χ1n) is 20.4. The molecule has 3 aromatic rings. The Morgan fingerprint density at radius 3 is 1.83 bits per heavy atom. The van der Waals surface area contributed by atoms with E-state index in [4.69, 9.17) is 0 Å². The normalized spacial score (nSPS) is 23.5. The first-order valence-corrected chi connectivity index (χ1v) is 23.8. The van der Waals surface area contributed by atoms with E-state index in [2.05, 4.69) is 64.3 Å². The lowest BCUT2D eigenvalue weighted by Crippen LogP contribution is -2.37. The van der Waals surface area contributed by atoms with E-state index in [9.17, 15) is 0 Å². The average molecular weight is 757 g/mol. The van der Waals surface area contributed by atoms with E-state index in [1.165, 1.54) is 31.3 Å². The highest BCUT2D eigenvalue weighted by Gasteiger charge is 2.46. The van der Waals surface area contributed by atoms with Crippen LogP contribution in [-0.4, -0.2) is 0 Å². The lowest BCUT2D eigenvalue weighted by molar-refractivity contribution is 0.158. The molecule has 5 rings (SSSR count). The molecule has 2 nitrogen and oxygen atoms in total. The highest BCUT2D eigenvalue weighted by Crippen LogP contribution is 2.64. The van der Waals surface area contributed by atoms with Gasteiger partial charge in [0.25, 0.3) is 0 Å². The molecule has 0 aliphatic heterocycles. The summed E-state index contributed by atoms with van der Waals surface area (Å²) < 4.78 is 31.7. The van der Waals surface area contributed by atoms with Gasteiger partial charge in [0.2, 0.25) is 0 Å². The zero-order valence-corrected chi connectivity index (χ0v) is 34.8. The molecule has 3 aromatic carbocycles. The standard InChI is InChI=1S/C50H62O2P2/c1-6-10-12-13-24-38-50(37-23-11-7-2)41(5)39-47(54(52,45-30-19-15-20-31-45)46-32-21-16-22-33-46)34-25-27-42-35-36-48(40-49(42)50)53(51,43(9-4)26-8-3)44-28-17-14-18-29-44/h8-9,14-22,26,28-36,39-40,42,49H,3-4,6-7,10-13,23-25,27,37-38H2,1-2,5H3/b41-39+,43-26+,47-34+. The van der Waals surface area contributed by atoms with E-state index in [0.29, 0.717) is 5.31 Å². The minimum absolute atomic E-state index is 0.129. The van der Waals surface area contributed by atoms with Crippen LogP contribution in [0.2, 0.25) is 0 Å². The molecule has 2 aliphatic rings. The van der Waals surface area contributed by atoms with Crippen molar-refractivity contribution in [2.24, 2.45) is 17.3 Å². The van der Waals surface area contributed by atoms with Gasteiger partial charge in [-0.05, 0) is 49.9 Å². The number of hydrogen-bond donors (Lipinski definition) is 0. The van der Waals surface area contributed by atoms with Gasteiger partial charge in [0.05, 0.1) is 0 Å². The van der Waals surface area contributed by atoms with Gasteiger partial charge in [0, 0.05) is 31.9 Å². The lowest BCUT2D eigenvalue weighted by Gasteiger charge is -2.46. The van der Waals surface area contributed by atoms with Gasteiger partial charge in [-0.15, -0.1) is 0 Å². The van der Waals surface area contributed by atoms with E-state index in [0.717, 1.165) is 77.9 Å². The molecule has 0 radical (unpaired) electrons. The summed E-state index contributed by atoms with van der Waals surface area (Å²) in [6.07, 6.45) is 30.2. The topological polar surface area (TPSA) is 34.1 Å². The summed E-state index contributed by atoms with van der Waals surface area (Å²) in [5.74, 6) is 0.377. The first kappa shape index (κ1) is 41.5. The summed E-state index contributed by atoms with van der Waals surface area (Å²) in [5, 5.41) is 5.09. The fraction of sp³-hybridized carbons (Fsp3) is 0.360. The number of fused-ring (bicyclic) bond motifs is 1. The minimum Gasteiger partial charge on any atom is -0.309 e. The van der Waals surface area contributed by atoms with Crippen molar-refractivity contribution in [1.82, 2.24) is 0 Å². The summed E-state index contributed by atoms with van der Waals surface area (Å²) >= 11 is 0. The molecule has 0 saturated heterocycles. The SMILES string of the molecule is C=C/C=C(\C=C)P(=O)(C1=CC2C(C=C1)CC/C=C(P(=O)(c1ccccc1)c1ccccc1)\C=C(/C)C2(CCCCC)CCCCCCC)c1ccccc1. The van der Waals surface area contributed by atoms with Gasteiger partial charge in [0.1, 0.15) is 0 Å². The van der Waals surface area contributed by atoms with Crippen LogP contribution in [0.4, 0.5) is 0 Å². The van der Waals surface area contributed by atoms with Gasteiger partial charge in [-0.1, -0.05) is 224 Å². The summed E-state index contributed by atoms with van der Waals surface area (Å²) in [4.78, 5) is 0. The largest absolute Gasteiger partial charge is 0.309 e. The quantitative estimate of drug-likeness (QED) is 0.0736. The highest BCUT2D eigenvalue weighted by molar-refractivity contribution is 7.82. The Morgan fingerprint density at radius 1 is 0.741 bits per heavy atom. The maximum Gasteiger partial charge on any atom is 0.170 e. The van der Waals surface area contributed by atoms with Crippen molar-refractivity contribution in [2.45, 2.75) is 97.8 Å². The van der Waals surface area contributed by atoms with Crippen LogP contribution in [-0.2, 0) is 9.13 Å². The number of rotatable bonds is 18. The third kappa shape index (κ3) is 8.88. The second-order valence-electron chi connectivity index (χ2n) is 15.2. The van der Waals surface area contributed by atoms with Crippen LogP contribution in [0.3, 0.4) is 0 Å². The van der Waals surface area contributed by atoms with Crippen molar-refractivity contribution in [3.63, 3.8) is 0 Å². The number of allylic oxidation sites excluding steroid dienone is 12. The molecule has 4 atom stereocenters. The number of unbranched alkanes of at least 4 members (excludes halogenated alkanes) is 6. The van der Waals surface area contributed by atoms with Crippen molar-refractivity contribution in [3.8, 4) is 0 Å². The fourth-order valence-electron chi connectivity index (χ4n) is 8.91. The molecule has 0 amide bonds. The molecule has 2 aliphatic carbocycles.